The standard InChI is InChI=1S/C28H34N2O2S/c1-30(2)19-10-9-18-29-28(31)27-24(14-11-17-26(27)23-12-5-3-6-13-23)22-33-21-20-32-25-15-7-4-8-16-25/h3-8,11-17H,9-10,18-22H2,1-2H3,(H,29,31). The number of ether oxygens (including phenoxy) is 1. The lowest BCUT2D eigenvalue weighted by molar-refractivity contribution is 0.0952. The van der Waals surface area contributed by atoms with Crippen LogP contribution in [0.15, 0.2) is 78.9 Å². The SMILES string of the molecule is CN(C)CCCCNC(=O)c1c(CSCCOc2ccccc2)cccc1-c1ccccc1. The lowest BCUT2D eigenvalue weighted by Crippen LogP contribution is -2.27. The number of thioether (sulfide) groups is 1. The minimum absolute atomic E-state index is 0.00967. The molecule has 3 aromatic carbocycles. The van der Waals surface area contributed by atoms with Crippen LogP contribution in [0.2, 0.25) is 0 Å². The van der Waals surface area contributed by atoms with Gasteiger partial charge in [0.1, 0.15) is 5.75 Å². The molecule has 174 valence electrons. The number of benzene rings is 3. The molecule has 0 radical (unpaired) electrons. The largest absolute Gasteiger partial charge is 0.493 e. The maximum Gasteiger partial charge on any atom is 0.252 e. The van der Waals surface area contributed by atoms with Crippen LogP contribution < -0.4 is 10.1 Å². The van der Waals surface area contributed by atoms with Gasteiger partial charge in [-0.3, -0.25) is 4.79 Å². The van der Waals surface area contributed by atoms with Crippen LogP contribution in [0.1, 0.15) is 28.8 Å². The summed E-state index contributed by atoms with van der Waals surface area (Å²) in [4.78, 5) is 15.4. The van der Waals surface area contributed by atoms with Gasteiger partial charge < -0.3 is 15.0 Å². The average Bonchev–Trinajstić information content (AvgIpc) is 2.84. The third-order valence-electron chi connectivity index (χ3n) is 5.28. The number of para-hydroxylation sites is 1. The first-order chi connectivity index (χ1) is 16.1. The predicted molar refractivity (Wildman–Crippen MR) is 140 cm³/mol. The molecule has 0 aliphatic carbocycles. The lowest BCUT2D eigenvalue weighted by Gasteiger charge is -2.16. The maximum absolute atomic E-state index is 13.3. The minimum atomic E-state index is 0.00967. The number of hydrogen-bond donors (Lipinski definition) is 1. The molecule has 0 aliphatic rings. The number of unbranched alkanes of at least 4 members (excludes halogenated alkanes) is 1. The van der Waals surface area contributed by atoms with E-state index in [2.05, 4.69) is 42.5 Å². The molecular formula is C28H34N2O2S. The molecule has 3 rings (SSSR count). The summed E-state index contributed by atoms with van der Waals surface area (Å²) >= 11 is 1.79. The summed E-state index contributed by atoms with van der Waals surface area (Å²) in [5.74, 6) is 2.52. The molecule has 0 heterocycles. The summed E-state index contributed by atoms with van der Waals surface area (Å²) in [5.41, 5.74) is 3.90. The molecule has 0 aliphatic heterocycles. The highest BCUT2D eigenvalue weighted by Gasteiger charge is 2.17. The molecule has 0 unspecified atom stereocenters. The van der Waals surface area contributed by atoms with Gasteiger partial charge in [0, 0.05) is 18.1 Å². The van der Waals surface area contributed by atoms with E-state index in [-0.39, 0.29) is 5.91 Å². The zero-order valence-corrected chi connectivity index (χ0v) is 20.4. The molecule has 0 atom stereocenters. The van der Waals surface area contributed by atoms with Crippen LogP contribution in [0.5, 0.6) is 5.75 Å². The molecule has 0 saturated carbocycles. The molecule has 33 heavy (non-hydrogen) atoms. The summed E-state index contributed by atoms with van der Waals surface area (Å²) < 4.78 is 5.80. The second kappa shape index (κ2) is 13.7. The summed E-state index contributed by atoms with van der Waals surface area (Å²) in [6.45, 7) is 2.36. The van der Waals surface area contributed by atoms with Gasteiger partial charge in [-0.1, -0.05) is 66.7 Å². The third kappa shape index (κ3) is 8.26. The molecule has 1 amide bonds. The van der Waals surface area contributed by atoms with Crippen LogP contribution in [0, 0.1) is 0 Å². The van der Waals surface area contributed by atoms with Gasteiger partial charge in [-0.05, 0) is 62.3 Å². The number of rotatable bonds is 13. The highest BCUT2D eigenvalue weighted by Crippen LogP contribution is 2.28. The van der Waals surface area contributed by atoms with E-state index in [1.165, 1.54) is 0 Å². The van der Waals surface area contributed by atoms with Gasteiger partial charge in [0.15, 0.2) is 0 Å². The van der Waals surface area contributed by atoms with Crippen LogP contribution in [-0.4, -0.2) is 50.4 Å². The van der Waals surface area contributed by atoms with Crippen LogP contribution in [-0.2, 0) is 5.75 Å². The number of hydrogen-bond acceptors (Lipinski definition) is 4. The molecule has 0 aromatic heterocycles. The molecule has 1 N–H and O–H groups in total. The van der Waals surface area contributed by atoms with E-state index in [9.17, 15) is 4.79 Å². The van der Waals surface area contributed by atoms with E-state index in [0.29, 0.717) is 13.2 Å². The first-order valence-electron chi connectivity index (χ1n) is 11.5. The van der Waals surface area contributed by atoms with E-state index in [1.54, 1.807) is 11.8 Å². The molecule has 5 heteroatoms. The molecular weight excluding hydrogens is 428 g/mol. The third-order valence-corrected chi connectivity index (χ3v) is 6.25. The smallest absolute Gasteiger partial charge is 0.252 e. The van der Waals surface area contributed by atoms with Crippen molar-refractivity contribution in [1.29, 1.82) is 0 Å². The summed E-state index contributed by atoms with van der Waals surface area (Å²) in [6, 6.07) is 26.2. The van der Waals surface area contributed by atoms with Crippen molar-refractivity contribution in [3.8, 4) is 16.9 Å². The van der Waals surface area contributed by atoms with Crippen LogP contribution in [0.4, 0.5) is 0 Å². The lowest BCUT2D eigenvalue weighted by atomic mass is 9.95. The fourth-order valence-electron chi connectivity index (χ4n) is 3.61. The number of nitrogens with one attached hydrogen (secondary N) is 1. The average molecular weight is 463 g/mol. The second-order valence-electron chi connectivity index (χ2n) is 8.19. The summed E-state index contributed by atoms with van der Waals surface area (Å²) in [7, 11) is 4.15. The van der Waals surface area contributed by atoms with Gasteiger partial charge in [0.05, 0.1) is 12.2 Å². The number of nitrogens with zero attached hydrogens (tertiary/aromatic N) is 1. The van der Waals surface area contributed by atoms with Gasteiger partial charge in [-0.15, -0.1) is 0 Å². The first kappa shape index (κ1) is 24.9. The first-order valence-corrected chi connectivity index (χ1v) is 12.7. The van der Waals surface area contributed by atoms with Crippen LogP contribution in [0.3, 0.4) is 0 Å². The Labute approximate surface area is 202 Å². The Balaban J connectivity index is 1.65. The topological polar surface area (TPSA) is 41.6 Å². The van der Waals surface area contributed by atoms with Crippen molar-refractivity contribution < 1.29 is 9.53 Å². The van der Waals surface area contributed by atoms with Gasteiger partial charge >= 0.3 is 0 Å². The zero-order valence-electron chi connectivity index (χ0n) is 19.6. The van der Waals surface area contributed by atoms with E-state index in [1.807, 2.05) is 60.7 Å². The van der Waals surface area contributed by atoms with E-state index in [4.69, 9.17) is 4.74 Å². The fourth-order valence-corrected chi connectivity index (χ4v) is 4.41. The van der Waals surface area contributed by atoms with E-state index in [0.717, 1.165) is 58.9 Å². The Kier molecular flexibility index (Phi) is 10.3. The molecule has 0 bridgehead atoms. The van der Waals surface area contributed by atoms with Crippen molar-refractivity contribution in [3.05, 3.63) is 90.0 Å². The molecule has 3 aromatic rings. The van der Waals surface area contributed by atoms with Gasteiger partial charge in [0.2, 0.25) is 0 Å². The van der Waals surface area contributed by atoms with Crippen molar-refractivity contribution in [1.82, 2.24) is 10.2 Å². The predicted octanol–water partition coefficient (Wildman–Crippen LogP) is 5.74. The van der Waals surface area contributed by atoms with Crippen molar-refractivity contribution >= 4 is 17.7 Å². The summed E-state index contributed by atoms with van der Waals surface area (Å²) in [6.07, 6.45) is 2.04. The number of carbonyl (C=O) groups is 1. The summed E-state index contributed by atoms with van der Waals surface area (Å²) in [5, 5.41) is 3.15. The van der Waals surface area contributed by atoms with Gasteiger partial charge in [-0.2, -0.15) is 11.8 Å². The number of carbonyl (C=O) groups excluding carboxylic acids is 1. The van der Waals surface area contributed by atoms with E-state index < -0.39 is 0 Å². The van der Waals surface area contributed by atoms with Gasteiger partial charge in [0.25, 0.3) is 5.91 Å². The normalized spacial score (nSPS) is 10.9. The van der Waals surface area contributed by atoms with E-state index >= 15 is 0 Å². The van der Waals surface area contributed by atoms with Crippen LogP contribution >= 0.6 is 11.8 Å². The highest BCUT2D eigenvalue weighted by molar-refractivity contribution is 7.98. The quantitative estimate of drug-likeness (QED) is 0.329. The van der Waals surface area contributed by atoms with Gasteiger partial charge in [-0.25, -0.2) is 0 Å². The number of amides is 1. The van der Waals surface area contributed by atoms with Crippen molar-refractivity contribution in [2.24, 2.45) is 0 Å². The Morgan fingerprint density at radius 2 is 1.64 bits per heavy atom. The Morgan fingerprint density at radius 1 is 0.909 bits per heavy atom. The molecule has 4 nitrogen and oxygen atoms in total. The van der Waals surface area contributed by atoms with Crippen molar-refractivity contribution in [2.45, 2.75) is 18.6 Å². The zero-order chi connectivity index (χ0) is 23.3. The fraction of sp³-hybridized carbons (Fsp3) is 0.321. The Morgan fingerprint density at radius 3 is 2.36 bits per heavy atom. The van der Waals surface area contributed by atoms with Crippen molar-refractivity contribution in [2.75, 3.05) is 39.5 Å². The maximum atomic E-state index is 13.3. The second-order valence-corrected chi connectivity index (χ2v) is 9.29. The monoisotopic (exact) mass is 462 g/mol. The molecule has 0 spiro atoms. The highest BCUT2D eigenvalue weighted by atomic mass is 32.2. The van der Waals surface area contributed by atoms with Crippen molar-refractivity contribution in [3.63, 3.8) is 0 Å². The Bertz CT molecular complexity index is 978. The minimum Gasteiger partial charge on any atom is -0.493 e. The van der Waals surface area contributed by atoms with Crippen LogP contribution in [0.25, 0.3) is 11.1 Å². The Hall–Kier alpha value is -2.76. The molecule has 0 fully saturated rings. The molecule has 0 saturated heterocycles.